The molecule has 20 heavy (non-hydrogen) atoms. The summed E-state index contributed by atoms with van der Waals surface area (Å²) >= 11 is 3.23. The molecule has 0 saturated carbocycles. The van der Waals surface area contributed by atoms with Gasteiger partial charge in [0.2, 0.25) is 0 Å². The van der Waals surface area contributed by atoms with Crippen LogP contribution in [0.25, 0.3) is 11.2 Å². The van der Waals surface area contributed by atoms with Gasteiger partial charge in [-0.05, 0) is 25.1 Å². The maximum Gasteiger partial charge on any atom is 0.165 e. The van der Waals surface area contributed by atoms with E-state index in [2.05, 4.69) is 36.2 Å². The van der Waals surface area contributed by atoms with E-state index in [0.717, 1.165) is 12.2 Å². The molecule has 0 fully saturated rings. The number of imidazole rings is 1. The van der Waals surface area contributed by atoms with Crippen LogP contribution in [0.4, 0.5) is 15.9 Å². The van der Waals surface area contributed by atoms with Gasteiger partial charge in [0.25, 0.3) is 0 Å². The molecule has 3 rings (SSSR count). The fourth-order valence-electron chi connectivity index (χ4n) is 1.92. The summed E-state index contributed by atoms with van der Waals surface area (Å²) in [5.41, 5.74) is 1.69. The third-order valence-electron chi connectivity index (χ3n) is 2.93. The van der Waals surface area contributed by atoms with E-state index in [1.165, 1.54) is 12.4 Å². The standard InChI is InChI=1S/C13H11BrFN5/c1-2-20-7-18-11-12(16-6-17-13(11)20)19-10-4-3-8(14)5-9(10)15/h3-7H,2H2,1H3,(H,16,17,19). The molecule has 0 radical (unpaired) electrons. The topological polar surface area (TPSA) is 55.6 Å². The third-order valence-corrected chi connectivity index (χ3v) is 3.42. The molecule has 3 aromatic rings. The molecule has 0 amide bonds. The molecule has 5 nitrogen and oxygen atoms in total. The van der Waals surface area contributed by atoms with E-state index in [-0.39, 0.29) is 5.82 Å². The number of nitrogens with zero attached hydrogens (tertiary/aromatic N) is 4. The summed E-state index contributed by atoms with van der Waals surface area (Å²) in [5.74, 6) is 0.129. The predicted octanol–water partition coefficient (Wildman–Crippen LogP) is 3.49. The SMILES string of the molecule is CCn1cnc2c(Nc3ccc(Br)cc3F)ncnc21. The smallest absolute Gasteiger partial charge is 0.165 e. The molecule has 0 atom stereocenters. The van der Waals surface area contributed by atoms with Crippen molar-refractivity contribution >= 4 is 38.6 Å². The van der Waals surface area contributed by atoms with Crippen molar-refractivity contribution in [1.29, 1.82) is 0 Å². The van der Waals surface area contributed by atoms with Crippen LogP contribution in [0.5, 0.6) is 0 Å². The van der Waals surface area contributed by atoms with Crippen LogP contribution in [-0.4, -0.2) is 19.5 Å². The minimum atomic E-state index is -0.360. The Balaban J connectivity index is 2.04. The van der Waals surface area contributed by atoms with Crippen LogP contribution >= 0.6 is 15.9 Å². The van der Waals surface area contributed by atoms with Crippen LogP contribution in [0.2, 0.25) is 0 Å². The Bertz CT molecular complexity index is 771. The van der Waals surface area contributed by atoms with Crippen molar-refractivity contribution < 1.29 is 4.39 Å². The molecule has 1 aromatic carbocycles. The van der Waals surface area contributed by atoms with Gasteiger partial charge in [-0.2, -0.15) is 0 Å². The highest BCUT2D eigenvalue weighted by molar-refractivity contribution is 9.10. The van der Waals surface area contributed by atoms with E-state index in [4.69, 9.17) is 0 Å². The number of hydrogen-bond donors (Lipinski definition) is 1. The van der Waals surface area contributed by atoms with Gasteiger partial charge in [-0.1, -0.05) is 15.9 Å². The Morgan fingerprint density at radius 3 is 2.90 bits per heavy atom. The fourth-order valence-corrected chi connectivity index (χ4v) is 2.26. The lowest BCUT2D eigenvalue weighted by Crippen LogP contribution is -1.99. The van der Waals surface area contributed by atoms with Gasteiger partial charge in [0.05, 0.1) is 12.0 Å². The molecule has 7 heteroatoms. The van der Waals surface area contributed by atoms with Gasteiger partial charge < -0.3 is 9.88 Å². The average molecular weight is 336 g/mol. The lowest BCUT2D eigenvalue weighted by molar-refractivity contribution is 0.631. The number of aryl methyl sites for hydroxylation is 1. The molecule has 0 aliphatic rings. The second kappa shape index (κ2) is 5.16. The number of halogens is 2. The van der Waals surface area contributed by atoms with Crippen molar-refractivity contribution in [3.8, 4) is 0 Å². The quantitative estimate of drug-likeness (QED) is 0.795. The van der Waals surface area contributed by atoms with Gasteiger partial charge in [-0.25, -0.2) is 19.3 Å². The Morgan fingerprint density at radius 1 is 1.30 bits per heavy atom. The number of aromatic nitrogens is 4. The van der Waals surface area contributed by atoms with Crippen LogP contribution in [0.3, 0.4) is 0 Å². The lowest BCUT2D eigenvalue weighted by atomic mass is 10.3. The molecular formula is C13H11BrFN5. The van der Waals surface area contributed by atoms with Crippen molar-refractivity contribution in [3.63, 3.8) is 0 Å². The summed E-state index contributed by atoms with van der Waals surface area (Å²) in [7, 11) is 0. The zero-order chi connectivity index (χ0) is 14.1. The average Bonchev–Trinajstić information content (AvgIpc) is 2.86. The van der Waals surface area contributed by atoms with Gasteiger partial charge in [0.1, 0.15) is 12.1 Å². The van der Waals surface area contributed by atoms with Crippen LogP contribution in [0.1, 0.15) is 6.92 Å². The summed E-state index contributed by atoms with van der Waals surface area (Å²) in [6, 6.07) is 4.80. The molecule has 0 saturated heterocycles. The van der Waals surface area contributed by atoms with E-state index in [1.54, 1.807) is 18.5 Å². The van der Waals surface area contributed by atoms with Crippen molar-refractivity contribution in [3.05, 3.63) is 41.1 Å². The van der Waals surface area contributed by atoms with Gasteiger partial charge in [0, 0.05) is 11.0 Å². The van der Waals surface area contributed by atoms with E-state index in [9.17, 15) is 4.39 Å². The zero-order valence-corrected chi connectivity index (χ0v) is 12.2. The van der Waals surface area contributed by atoms with Gasteiger partial charge >= 0.3 is 0 Å². The molecule has 0 spiro atoms. The van der Waals surface area contributed by atoms with Crippen LogP contribution in [0.15, 0.2) is 35.3 Å². The summed E-state index contributed by atoms with van der Waals surface area (Å²) in [5, 5.41) is 2.96. The highest BCUT2D eigenvalue weighted by Crippen LogP contribution is 2.25. The van der Waals surface area contributed by atoms with Crippen molar-refractivity contribution in [2.75, 3.05) is 5.32 Å². The normalized spacial score (nSPS) is 10.9. The number of anilines is 2. The van der Waals surface area contributed by atoms with Crippen molar-refractivity contribution in [1.82, 2.24) is 19.5 Å². The number of hydrogen-bond acceptors (Lipinski definition) is 4. The fraction of sp³-hybridized carbons (Fsp3) is 0.154. The zero-order valence-electron chi connectivity index (χ0n) is 10.6. The lowest BCUT2D eigenvalue weighted by Gasteiger charge is -2.07. The van der Waals surface area contributed by atoms with Crippen molar-refractivity contribution in [2.45, 2.75) is 13.5 Å². The minimum absolute atomic E-state index is 0.347. The summed E-state index contributed by atoms with van der Waals surface area (Å²) in [6.07, 6.45) is 3.14. The highest BCUT2D eigenvalue weighted by Gasteiger charge is 2.11. The molecule has 0 aliphatic heterocycles. The Morgan fingerprint density at radius 2 is 2.15 bits per heavy atom. The molecule has 0 aliphatic carbocycles. The summed E-state index contributed by atoms with van der Waals surface area (Å²) < 4.78 is 16.4. The van der Waals surface area contributed by atoms with Gasteiger partial charge in [-0.3, -0.25) is 0 Å². The number of benzene rings is 1. The number of fused-ring (bicyclic) bond motifs is 1. The number of rotatable bonds is 3. The molecule has 1 N–H and O–H groups in total. The second-order valence-electron chi connectivity index (χ2n) is 4.17. The predicted molar refractivity (Wildman–Crippen MR) is 78.4 cm³/mol. The van der Waals surface area contributed by atoms with E-state index in [1.807, 2.05) is 11.5 Å². The highest BCUT2D eigenvalue weighted by atomic mass is 79.9. The first-order chi connectivity index (χ1) is 9.69. The first-order valence-corrected chi connectivity index (χ1v) is 6.86. The van der Waals surface area contributed by atoms with E-state index in [0.29, 0.717) is 21.5 Å². The van der Waals surface area contributed by atoms with Gasteiger partial charge in [0.15, 0.2) is 17.0 Å². The van der Waals surface area contributed by atoms with E-state index < -0.39 is 0 Å². The van der Waals surface area contributed by atoms with Crippen LogP contribution in [-0.2, 0) is 6.54 Å². The van der Waals surface area contributed by atoms with Crippen LogP contribution < -0.4 is 5.32 Å². The molecule has 2 aromatic heterocycles. The van der Waals surface area contributed by atoms with Gasteiger partial charge in [-0.15, -0.1) is 0 Å². The number of nitrogens with one attached hydrogen (secondary N) is 1. The molecule has 2 heterocycles. The Labute approximate surface area is 123 Å². The summed E-state index contributed by atoms with van der Waals surface area (Å²) in [6.45, 7) is 2.77. The Hall–Kier alpha value is -2.02. The first kappa shape index (κ1) is 13.0. The second-order valence-corrected chi connectivity index (χ2v) is 5.09. The summed E-state index contributed by atoms with van der Waals surface area (Å²) in [4.78, 5) is 12.6. The van der Waals surface area contributed by atoms with Crippen molar-refractivity contribution in [2.24, 2.45) is 0 Å². The maximum atomic E-state index is 13.8. The largest absolute Gasteiger partial charge is 0.336 e. The molecule has 0 bridgehead atoms. The third kappa shape index (κ3) is 2.24. The Kier molecular flexibility index (Phi) is 3.35. The molecular weight excluding hydrogens is 325 g/mol. The maximum absolute atomic E-state index is 13.8. The van der Waals surface area contributed by atoms with Crippen LogP contribution in [0, 0.1) is 5.82 Å². The first-order valence-electron chi connectivity index (χ1n) is 6.07. The molecule has 102 valence electrons. The molecule has 0 unspecified atom stereocenters. The van der Waals surface area contributed by atoms with E-state index >= 15 is 0 Å². The minimum Gasteiger partial charge on any atom is -0.336 e. The monoisotopic (exact) mass is 335 g/mol.